The fraction of sp³-hybridized carbons (Fsp3) is 0.208. The molecule has 2 heterocycles. The van der Waals surface area contributed by atoms with Crippen LogP contribution in [0.3, 0.4) is 0 Å². The van der Waals surface area contributed by atoms with E-state index in [-0.39, 0.29) is 18.0 Å². The molecular formula is C24H23ClN4O2S. The first-order valence-electron chi connectivity index (χ1n) is 10.1. The molecule has 0 aliphatic heterocycles. The molecule has 0 saturated heterocycles. The van der Waals surface area contributed by atoms with Crippen LogP contribution in [0.5, 0.6) is 0 Å². The molecule has 0 aliphatic carbocycles. The second-order valence-electron chi connectivity index (χ2n) is 7.79. The van der Waals surface area contributed by atoms with Gasteiger partial charge < -0.3 is 10.3 Å². The van der Waals surface area contributed by atoms with Crippen molar-refractivity contribution in [1.82, 2.24) is 14.9 Å². The summed E-state index contributed by atoms with van der Waals surface area (Å²) in [5.41, 5.74) is 3.50. The number of fused-ring (bicyclic) bond motifs is 1. The Morgan fingerprint density at radius 2 is 1.88 bits per heavy atom. The van der Waals surface area contributed by atoms with Crippen molar-refractivity contribution in [1.29, 1.82) is 0 Å². The standard InChI is InChI=1S/C24H23ClN4O2S/c1-14-8-10-16(11-9-14)21-15(2)32-24-22(21)23(31)27-19(28-24)12-29(3)13-20(30)26-18-7-5-4-6-17(18)25/h4-11H,12-13H2,1-3H3,(H,26,30)(H,27,28,31). The molecule has 0 spiro atoms. The smallest absolute Gasteiger partial charge is 0.260 e. The van der Waals surface area contributed by atoms with E-state index in [0.717, 1.165) is 16.0 Å². The topological polar surface area (TPSA) is 78.1 Å². The van der Waals surface area contributed by atoms with Crippen LogP contribution in [-0.2, 0) is 11.3 Å². The number of nitrogens with one attached hydrogen (secondary N) is 2. The number of carbonyl (C=O) groups excluding carboxylic acids is 1. The number of aromatic amines is 1. The summed E-state index contributed by atoms with van der Waals surface area (Å²) in [6.07, 6.45) is 0. The molecule has 0 radical (unpaired) electrons. The van der Waals surface area contributed by atoms with Gasteiger partial charge in [-0.2, -0.15) is 0 Å². The van der Waals surface area contributed by atoms with Crippen molar-refractivity contribution in [3.8, 4) is 11.1 Å². The Morgan fingerprint density at radius 3 is 2.59 bits per heavy atom. The van der Waals surface area contributed by atoms with E-state index in [1.54, 1.807) is 30.1 Å². The van der Waals surface area contributed by atoms with Gasteiger partial charge in [0, 0.05) is 10.4 Å². The fourth-order valence-electron chi connectivity index (χ4n) is 3.62. The summed E-state index contributed by atoms with van der Waals surface area (Å²) in [4.78, 5) is 36.4. The van der Waals surface area contributed by atoms with Crippen LogP contribution in [0.25, 0.3) is 21.3 Å². The zero-order valence-corrected chi connectivity index (χ0v) is 19.6. The van der Waals surface area contributed by atoms with Gasteiger partial charge in [0.05, 0.1) is 29.2 Å². The van der Waals surface area contributed by atoms with E-state index >= 15 is 0 Å². The average Bonchev–Trinajstić information content (AvgIpc) is 3.06. The fourth-order valence-corrected chi connectivity index (χ4v) is 4.86. The Balaban J connectivity index is 1.53. The zero-order valence-electron chi connectivity index (χ0n) is 18.0. The number of benzene rings is 2. The Morgan fingerprint density at radius 1 is 1.16 bits per heavy atom. The first-order valence-corrected chi connectivity index (χ1v) is 11.3. The maximum absolute atomic E-state index is 13.0. The number of H-pyrrole nitrogens is 1. The lowest BCUT2D eigenvalue weighted by Crippen LogP contribution is -2.31. The van der Waals surface area contributed by atoms with Crippen LogP contribution in [0, 0.1) is 13.8 Å². The zero-order chi connectivity index (χ0) is 22.8. The Bertz CT molecular complexity index is 1340. The first-order chi connectivity index (χ1) is 15.3. The van der Waals surface area contributed by atoms with E-state index in [9.17, 15) is 9.59 Å². The molecule has 0 bridgehead atoms. The summed E-state index contributed by atoms with van der Waals surface area (Å²) in [6, 6.07) is 15.2. The molecule has 164 valence electrons. The number of rotatable bonds is 6. The molecule has 6 nitrogen and oxygen atoms in total. The van der Waals surface area contributed by atoms with Gasteiger partial charge in [0.1, 0.15) is 10.7 Å². The van der Waals surface area contributed by atoms with E-state index in [4.69, 9.17) is 11.6 Å². The van der Waals surface area contributed by atoms with Gasteiger partial charge in [-0.15, -0.1) is 11.3 Å². The molecule has 32 heavy (non-hydrogen) atoms. The normalized spacial score (nSPS) is 11.3. The van der Waals surface area contributed by atoms with Crippen molar-refractivity contribution in [2.75, 3.05) is 18.9 Å². The van der Waals surface area contributed by atoms with Crippen molar-refractivity contribution in [2.45, 2.75) is 20.4 Å². The number of likely N-dealkylation sites (N-methyl/N-ethyl adjacent to an activating group) is 1. The van der Waals surface area contributed by atoms with E-state index < -0.39 is 0 Å². The number of hydrogen-bond donors (Lipinski definition) is 2. The number of thiophene rings is 1. The van der Waals surface area contributed by atoms with Gasteiger partial charge in [0.25, 0.3) is 5.56 Å². The molecule has 0 unspecified atom stereocenters. The third-order valence-electron chi connectivity index (χ3n) is 5.11. The number of aryl methyl sites for hydroxylation is 2. The summed E-state index contributed by atoms with van der Waals surface area (Å²) in [5.74, 6) is 0.324. The van der Waals surface area contributed by atoms with Gasteiger partial charge in [-0.25, -0.2) is 4.98 Å². The maximum atomic E-state index is 13.0. The lowest BCUT2D eigenvalue weighted by atomic mass is 10.0. The molecule has 2 aromatic heterocycles. The lowest BCUT2D eigenvalue weighted by Gasteiger charge is -2.16. The van der Waals surface area contributed by atoms with E-state index in [1.807, 2.05) is 44.2 Å². The van der Waals surface area contributed by atoms with Crippen LogP contribution in [0.1, 0.15) is 16.3 Å². The quantitative estimate of drug-likeness (QED) is 0.419. The van der Waals surface area contributed by atoms with Crippen molar-refractivity contribution in [2.24, 2.45) is 0 Å². The highest BCUT2D eigenvalue weighted by atomic mass is 35.5. The van der Waals surface area contributed by atoms with Crippen molar-refractivity contribution < 1.29 is 4.79 Å². The van der Waals surface area contributed by atoms with E-state index in [0.29, 0.717) is 33.3 Å². The van der Waals surface area contributed by atoms with Gasteiger partial charge in [-0.05, 0) is 38.6 Å². The van der Waals surface area contributed by atoms with E-state index in [2.05, 4.69) is 15.3 Å². The monoisotopic (exact) mass is 466 g/mol. The second-order valence-corrected chi connectivity index (χ2v) is 9.40. The molecular weight excluding hydrogens is 444 g/mol. The molecule has 0 atom stereocenters. The van der Waals surface area contributed by atoms with Crippen LogP contribution in [0.2, 0.25) is 5.02 Å². The first kappa shape index (κ1) is 22.2. The highest BCUT2D eigenvalue weighted by Crippen LogP contribution is 2.35. The van der Waals surface area contributed by atoms with Gasteiger partial charge >= 0.3 is 0 Å². The number of carbonyl (C=O) groups is 1. The van der Waals surface area contributed by atoms with Gasteiger partial charge in [0.15, 0.2) is 0 Å². The summed E-state index contributed by atoms with van der Waals surface area (Å²) in [7, 11) is 1.80. The second kappa shape index (κ2) is 9.24. The molecule has 1 amide bonds. The third kappa shape index (κ3) is 4.75. The average molecular weight is 467 g/mol. The molecule has 8 heteroatoms. The van der Waals surface area contributed by atoms with Crippen LogP contribution >= 0.6 is 22.9 Å². The largest absolute Gasteiger partial charge is 0.324 e. The van der Waals surface area contributed by atoms with Crippen LogP contribution in [0.4, 0.5) is 5.69 Å². The van der Waals surface area contributed by atoms with Crippen molar-refractivity contribution in [3.63, 3.8) is 0 Å². The molecule has 4 rings (SSSR count). The number of aromatic nitrogens is 2. The lowest BCUT2D eigenvalue weighted by molar-refractivity contribution is -0.117. The molecule has 4 aromatic rings. The highest BCUT2D eigenvalue weighted by molar-refractivity contribution is 7.19. The molecule has 2 aromatic carbocycles. The highest BCUT2D eigenvalue weighted by Gasteiger charge is 2.17. The summed E-state index contributed by atoms with van der Waals surface area (Å²) < 4.78 is 0. The van der Waals surface area contributed by atoms with Crippen molar-refractivity contribution in [3.05, 3.63) is 80.2 Å². The molecule has 0 saturated carbocycles. The summed E-state index contributed by atoms with van der Waals surface area (Å²) in [5, 5.41) is 3.89. The molecule has 0 aliphatic rings. The van der Waals surface area contributed by atoms with Crippen LogP contribution in [0.15, 0.2) is 53.3 Å². The predicted octanol–water partition coefficient (Wildman–Crippen LogP) is 4.99. The van der Waals surface area contributed by atoms with E-state index in [1.165, 1.54) is 16.9 Å². The minimum absolute atomic E-state index is 0.130. The number of nitrogens with zero attached hydrogens (tertiary/aromatic N) is 2. The van der Waals surface area contributed by atoms with Gasteiger partial charge in [-0.1, -0.05) is 53.6 Å². The Labute approximate surface area is 194 Å². The minimum atomic E-state index is -0.197. The summed E-state index contributed by atoms with van der Waals surface area (Å²) >= 11 is 7.60. The number of hydrogen-bond acceptors (Lipinski definition) is 5. The maximum Gasteiger partial charge on any atom is 0.260 e. The predicted molar refractivity (Wildman–Crippen MR) is 132 cm³/mol. The van der Waals surface area contributed by atoms with Crippen LogP contribution < -0.4 is 10.9 Å². The summed E-state index contributed by atoms with van der Waals surface area (Å²) in [6.45, 7) is 4.50. The number of anilines is 1. The molecule has 2 N–H and O–H groups in total. The van der Waals surface area contributed by atoms with Gasteiger partial charge in [0.2, 0.25) is 5.91 Å². The number of amides is 1. The minimum Gasteiger partial charge on any atom is -0.324 e. The number of para-hydroxylation sites is 1. The Hall–Kier alpha value is -3.00. The Kier molecular flexibility index (Phi) is 6.41. The van der Waals surface area contributed by atoms with Crippen molar-refractivity contribution >= 4 is 44.7 Å². The third-order valence-corrected chi connectivity index (χ3v) is 6.44. The molecule has 0 fully saturated rings. The SMILES string of the molecule is Cc1ccc(-c2c(C)sc3nc(CN(C)CC(=O)Nc4ccccc4Cl)[nH]c(=O)c23)cc1. The van der Waals surface area contributed by atoms with Gasteiger partial charge in [-0.3, -0.25) is 14.5 Å². The van der Waals surface area contributed by atoms with Crippen LogP contribution in [-0.4, -0.2) is 34.4 Å². The number of halogens is 1.